The van der Waals surface area contributed by atoms with Gasteiger partial charge in [-0.3, -0.25) is 4.99 Å². The van der Waals surface area contributed by atoms with Gasteiger partial charge in [0.05, 0.1) is 5.69 Å². The minimum absolute atomic E-state index is 0.0737. The van der Waals surface area contributed by atoms with Gasteiger partial charge in [0.2, 0.25) is 0 Å². The van der Waals surface area contributed by atoms with E-state index in [9.17, 15) is 0 Å². The van der Waals surface area contributed by atoms with Crippen LogP contribution in [0.15, 0.2) is 59.7 Å². The van der Waals surface area contributed by atoms with Gasteiger partial charge in [0.15, 0.2) is 0 Å². The molecule has 0 aliphatic carbocycles. The van der Waals surface area contributed by atoms with E-state index in [1.165, 1.54) is 16.7 Å². The standard InChI is InChI=1S/C21H22N2O.C2H6/c1-15-8-9-18(24-13-17-6-4-3-5-7-17)19-20(15)23-14-21(19)10-11-22-16(2)12-21;1-2/h3-9,14,22H,2,10-13H2,1H3;1-2H3. The zero-order valence-corrected chi connectivity index (χ0v) is 16.0. The molecule has 3 nitrogen and oxygen atoms in total. The number of hydrogen-bond donors (Lipinski definition) is 1. The lowest BCUT2D eigenvalue weighted by Crippen LogP contribution is -2.38. The van der Waals surface area contributed by atoms with Crippen LogP contribution in [0.2, 0.25) is 0 Å². The van der Waals surface area contributed by atoms with E-state index in [1.54, 1.807) is 0 Å². The lowest BCUT2D eigenvalue weighted by molar-refractivity contribution is 0.296. The Bertz CT molecular complexity index is 810. The second-order valence-corrected chi connectivity index (χ2v) is 6.75. The van der Waals surface area contributed by atoms with Crippen LogP contribution in [0.25, 0.3) is 0 Å². The molecule has 1 saturated heterocycles. The zero-order valence-electron chi connectivity index (χ0n) is 16.0. The summed E-state index contributed by atoms with van der Waals surface area (Å²) >= 11 is 0. The molecule has 26 heavy (non-hydrogen) atoms. The third-order valence-corrected chi connectivity index (χ3v) is 4.99. The van der Waals surface area contributed by atoms with Crippen LogP contribution in [0.1, 0.15) is 43.4 Å². The van der Waals surface area contributed by atoms with E-state index in [4.69, 9.17) is 9.73 Å². The van der Waals surface area contributed by atoms with E-state index < -0.39 is 0 Å². The van der Waals surface area contributed by atoms with Gasteiger partial charge in [-0.2, -0.15) is 0 Å². The van der Waals surface area contributed by atoms with Crippen LogP contribution in [0.4, 0.5) is 5.69 Å². The van der Waals surface area contributed by atoms with Gasteiger partial charge in [-0.05, 0) is 30.5 Å². The maximum Gasteiger partial charge on any atom is 0.126 e. The van der Waals surface area contributed by atoms with E-state index in [0.717, 1.165) is 36.5 Å². The third kappa shape index (κ3) is 3.39. The number of ether oxygens (including phenoxy) is 1. The number of benzene rings is 2. The minimum Gasteiger partial charge on any atom is -0.489 e. The number of aryl methyl sites for hydroxylation is 1. The summed E-state index contributed by atoms with van der Waals surface area (Å²) in [5.41, 5.74) is 5.70. The van der Waals surface area contributed by atoms with Crippen molar-refractivity contribution in [3.63, 3.8) is 0 Å². The SMILES string of the molecule is C=C1CC2(C=Nc3c(C)ccc(OCc4ccccc4)c32)CCN1.CC. The number of nitrogens with zero attached hydrogens (tertiary/aromatic N) is 1. The first-order valence-electron chi connectivity index (χ1n) is 9.46. The van der Waals surface area contributed by atoms with Crippen LogP contribution in [-0.2, 0) is 12.0 Å². The molecule has 4 rings (SSSR count). The quantitative estimate of drug-likeness (QED) is 0.800. The Balaban J connectivity index is 0.000000948. The van der Waals surface area contributed by atoms with Crippen LogP contribution >= 0.6 is 0 Å². The first kappa shape index (κ1) is 18.2. The van der Waals surface area contributed by atoms with Crippen LogP contribution in [0.5, 0.6) is 5.75 Å². The molecular weight excluding hydrogens is 320 g/mol. The number of piperidine rings is 1. The Labute approximate surface area is 156 Å². The number of fused-ring (bicyclic) bond motifs is 2. The van der Waals surface area contributed by atoms with E-state index in [0.29, 0.717) is 6.61 Å². The van der Waals surface area contributed by atoms with Gasteiger partial charge < -0.3 is 10.1 Å². The fourth-order valence-electron chi connectivity index (χ4n) is 3.75. The summed E-state index contributed by atoms with van der Waals surface area (Å²) in [6.07, 6.45) is 4.02. The number of nitrogens with one attached hydrogen (secondary N) is 1. The van der Waals surface area contributed by atoms with Crippen LogP contribution in [0, 0.1) is 6.92 Å². The molecule has 2 aliphatic heterocycles. The molecule has 1 N–H and O–H groups in total. The molecule has 0 bridgehead atoms. The van der Waals surface area contributed by atoms with Crippen LogP contribution in [0.3, 0.4) is 0 Å². The lowest BCUT2D eigenvalue weighted by atomic mass is 9.73. The van der Waals surface area contributed by atoms with E-state index in [-0.39, 0.29) is 5.41 Å². The first-order valence-corrected chi connectivity index (χ1v) is 9.46. The highest BCUT2D eigenvalue weighted by Gasteiger charge is 2.41. The van der Waals surface area contributed by atoms with Gasteiger partial charge in [0.25, 0.3) is 0 Å². The summed E-state index contributed by atoms with van der Waals surface area (Å²) in [5, 5.41) is 3.36. The van der Waals surface area contributed by atoms with Crippen molar-refractivity contribution in [3.05, 3.63) is 71.4 Å². The lowest BCUT2D eigenvalue weighted by Gasteiger charge is -2.35. The van der Waals surface area contributed by atoms with Crippen molar-refractivity contribution in [2.75, 3.05) is 6.54 Å². The average Bonchev–Trinajstić information content (AvgIpc) is 3.03. The van der Waals surface area contributed by atoms with Crippen molar-refractivity contribution in [3.8, 4) is 5.75 Å². The zero-order chi connectivity index (χ0) is 18.6. The topological polar surface area (TPSA) is 33.6 Å². The van der Waals surface area contributed by atoms with Crippen molar-refractivity contribution in [2.45, 2.75) is 45.6 Å². The highest BCUT2D eigenvalue weighted by molar-refractivity contribution is 5.89. The minimum atomic E-state index is -0.0737. The summed E-state index contributed by atoms with van der Waals surface area (Å²) in [7, 11) is 0. The molecule has 2 aromatic rings. The molecule has 2 aromatic carbocycles. The Morgan fingerprint density at radius 1 is 1.15 bits per heavy atom. The summed E-state index contributed by atoms with van der Waals surface area (Å²) in [4.78, 5) is 4.75. The summed E-state index contributed by atoms with van der Waals surface area (Å²) in [6.45, 7) is 11.8. The average molecular weight is 348 g/mol. The van der Waals surface area contributed by atoms with Crippen LogP contribution < -0.4 is 10.1 Å². The van der Waals surface area contributed by atoms with Crippen molar-refractivity contribution < 1.29 is 4.74 Å². The van der Waals surface area contributed by atoms with Gasteiger partial charge in [0.1, 0.15) is 12.4 Å². The fourth-order valence-corrected chi connectivity index (χ4v) is 3.75. The number of hydrogen-bond acceptors (Lipinski definition) is 3. The predicted octanol–water partition coefficient (Wildman–Crippen LogP) is 5.45. The van der Waals surface area contributed by atoms with Crippen LogP contribution in [-0.4, -0.2) is 12.8 Å². The van der Waals surface area contributed by atoms with Gasteiger partial charge >= 0.3 is 0 Å². The second-order valence-electron chi connectivity index (χ2n) is 6.75. The maximum atomic E-state index is 6.22. The molecule has 1 spiro atoms. The highest BCUT2D eigenvalue weighted by Crippen LogP contribution is 2.50. The second kappa shape index (κ2) is 7.77. The molecule has 3 heteroatoms. The number of rotatable bonds is 3. The fraction of sp³-hybridized carbons (Fsp3) is 0.348. The first-order chi connectivity index (χ1) is 12.7. The molecule has 136 valence electrons. The summed E-state index contributed by atoms with van der Waals surface area (Å²) < 4.78 is 6.22. The molecule has 1 unspecified atom stereocenters. The van der Waals surface area contributed by atoms with Gasteiger partial charge in [-0.25, -0.2) is 0 Å². The Morgan fingerprint density at radius 2 is 1.92 bits per heavy atom. The maximum absolute atomic E-state index is 6.22. The van der Waals surface area contributed by atoms with Gasteiger partial charge in [-0.1, -0.05) is 56.8 Å². The Morgan fingerprint density at radius 3 is 2.65 bits per heavy atom. The smallest absolute Gasteiger partial charge is 0.126 e. The largest absolute Gasteiger partial charge is 0.489 e. The van der Waals surface area contributed by atoms with E-state index in [2.05, 4.69) is 49.3 Å². The molecule has 2 aliphatic rings. The van der Waals surface area contributed by atoms with E-state index >= 15 is 0 Å². The molecule has 1 atom stereocenters. The van der Waals surface area contributed by atoms with Gasteiger partial charge in [0, 0.05) is 35.9 Å². The predicted molar refractivity (Wildman–Crippen MR) is 110 cm³/mol. The Kier molecular flexibility index (Phi) is 5.46. The van der Waals surface area contributed by atoms with E-state index in [1.807, 2.05) is 32.0 Å². The molecule has 0 saturated carbocycles. The summed E-state index contributed by atoms with van der Waals surface area (Å²) in [6, 6.07) is 14.5. The monoisotopic (exact) mass is 348 g/mol. The molecule has 0 aromatic heterocycles. The molecule has 0 amide bonds. The van der Waals surface area contributed by atoms with Gasteiger partial charge in [-0.15, -0.1) is 0 Å². The normalized spacial score (nSPS) is 20.2. The third-order valence-electron chi connectivity index (χ3n) is 4.99. The van der Waals surface area contributed by atoms with Crippen molar-refractivity contribution in [1.82, 2.24) is 5.32 Å². The Hall–Kier alpha value is -2.55. The number of allylic oxidation sites excluding steroid dienone is 1. The van der Waals surface area contributed by atoms with Crippen molar-refractivity contribution in [2.24, 2.45) is 4.99 Å². The molecule has 1 fully saturated rings. The van der Waals surface area contributed by atoms with Crippen molar-refractivity contribution >= 4 is 11.9 Å². The molecule has 0 radical (unpaired) electrons. The molecule has 2 heterocycles. The molecular formula is C23H28N2O. The summed E-state index contributed by atoms with van der Waals surface area (Å²) in [5.74, 6) is 0.951. The highest BCUT2D eigenvalue weighted by atomic mass is 16.5. The number of aliphatic imine (C=N–C) groups is 1. The van der Waals surface area contributed by atoms with Crippen molar-refractivity contribution in [1.29, 1.82) is 0 Å².